The number of nitrogens with zero attached hydrogens (tertiary/aromatic N) is 2. The van der Waals surface area contributed by atoms with E-state index < -0.39 is 47.1 Å². The zero-order valence-corrected chi connectivity index (χ0v) is 23.2. The summed E-state index contributed by atoms with van der Waals surface area (Å²) in [6, 6.07) is 18.3. The Morgan fingerprint density at radius 2 is 1.43 bits per heavy atom. The Kier molecular flexibility index (Phi) is 7.60. The lowest BCUT2D eigenvalue weighted by atomic mass is 9.85. The predicted octanol–water partition coefficient (Wildman–Crippen LogP) is 3.96. The van der Waals surface area contributed by atoms with Gasteiger partial charge in [-0.05, 0) is 60.2 Å². The summed E-state index contributed by atoms with van der Waals surface area (Å²) in [5.41, 5.74) is 0.855. The Bertz CT molecular complexity index is 1650. The summed E-state index contributed by atoms with van der Waals surface area (Å²) in [6.45, 7) is -0.623. The van der Waals surface area contributed by atoms with Gasteiger partial charge in [0.2, 0.25) is 11.8 Å². The molecule has 11 heteroatoms. The Morgan fingerprint density at radius 3 is 2.02 bits per heavy atom. The van der Waals surface area contributed by atoms with Crippen molar-refractivity contribution in [3.05, 3.63) is 118 Å². The van der Waals surface area contributed by atoms with Gasteiger partial charge in [-0.15, -0.1) is 0 Å². The van der Waals surface area contributed by atoms with Crippen molar-refractivity contribution in [2.24, 2.45) is 23.7 Å². The molecular weight excluding hydrogens is 568 g/mol. The SMILES string of the molecule is O=C(COC(=O)C(Cc1ccccc1)N1C(=O)C2C3C=CC(C3)C2C1=O)c1ccc(OC(=O)c2ccc([N+](=O)[O-])cc2)cc1. The number of likely N-dealkylation sites (tertiary alicyclic amines) is 1. The highest BCUT2D eigenvalue weighted by molar-refractivity contribution is 6.09. The van der Waals surface area contributed by atoms with E-state index in [-0.39, 0.29) is 52.6 Å². The van der Waals surface area contributed by atoms with E-state index in [1.807, 2.05) is 18.2 Å². The number of non-ortho nitro benzene ring substituents is 1. The number of fused-ring (bicyclic) bond motifs is 5. The second kappa shape index (κ2) is 11.7. The molecule has 2 amide bonds. The van der Waals surface area contributed by atoms with Gasteiger partial charge in [0.25, 0.3) is 5.69 Å². The molecule has 222 valence electrons. The number of esters is 2. The van der Waals surface area contributed by atoms with Crippen LogP contribution in [0.2, 0.25) is 0 Å². The summed E-state index contributed by atoms with van der Waals surface area (Å²) in [7, 11) is 0. The number of hydrogen-bond donors (Lipinski definition) is 0. The minimum absolute atomic E-state index is 0.0159. The van der Waals surface area contributed by atoms with Gasteiger partial charge in [0.1, 0.15) is 11.8 Å². The molecule has 0 spiro atoms. The van der Waals surface area contributed by atoms with Crippen molar-refractivity contribution in [3.8, 4) is 5.75 Å². The number of hydrogen-bond acceptors (Lipinski definition) is 9. The number of benzene rings is 3. The van der Waals surface area contributed by atoms with Gasteiger partial charge in [-0.25, -0.2) is 9.59 Å². The van der Waals surface area contributed by atoms with Gasteiger partial charge < -0.3 is 9.47 Å². The lowest BCUT2D eigenvalue weighted by Gasteiger charge is -2.26. The highest BCUT2D eigenvalue weighted by Gasteiger charge is 2.61. The second-order valence-corrected chi connectivity index (χ2v) is 11.0. The second-order valence-electron chi connectivity index (χ2n) is 11.0. The molecule has 2 bridgehead atoms. The summed E-state index contributed by atoms with van der Waals surface area (Å²) >= 11 is 0. The van der Waals surface area contributed by atoms with Gasteiger partial charge in [0.05, 0.1) is 22.3 Å². The average Bonchev–Trinajstić information content (AvgIpc) is 3.73. The van der Waals surface area contributed by atoms with Crippen LogP contribution in [0.25, 0.3) is 0 Å². The molecule has 1 saturated carbocycles. The average molecular weight is 595 g/mol. The van der Waals surface area contributed by atoms with Crippen LogP contribution in [0.15, 0.2) is 91.0 Å². The number of rotatable bonds is 10. The normalized spacial score (nSPS) is 22.0. The molecule has 1 aliphatic heterocycles. The number of allylic oxidation sites excluding steroid dienone is 2. The number of imide groups is 1. The van der Waals surface area contributed by atoms with E-state index in [0.29, 0.717) is 0 Å². The smallest absolute Gasteiger partial charge is 0.343 e. The molecule has 0 aromatic heterocycles. The molecule has 2 fully saturated rings. The molecule has 3 aromatic carbocycles. The predicted molar refractivity (Wildman–Crippen MR) is 153 cm³/mol. The van der Waals surface area contributed by atoms with E-state index in [1.54, 1.807) is 24.3 Å². The maximum Gasteiger partial charge on any atom is 0.343 e. The van der Waals surface area contributed by atoms with Gasteiger partial charge in [-0.1, -0.05) is 42.5 Å². The van der Waals surface area contributed by atoms with Crippen LogP contribution >= 0.6 is 0 Å². The Morgan fingerprint density at radius 1 is 0.841 bits per heavy atom. The molecule has 0 N–H and O–H groups in total. The zero-order chi connectivity index (χ0) is 31.0. The fourth-order valence-corrected chi connectivity index (χ4v) is 6.26. The van der Waals surface area contributed by atoms with Crippen molar-refractivity contribution in [3.63, 3.8) is 0 Å². The first-order valence-corrected chi connectivity index (χ1v) is 14.1. The fraction of sp³-hybridized carbons (Fsp3) is 0.242. The molecule has 1 heterocycles. The molecule has 2 aliphatic carbocycles. The van der Waals surface area contributed by atoms with Crippen LogP contribution in [0.1, 0.15) is 32.7 Å². The van der Waals surface area contributed by atoms with Crippen molar-refractivity contribution in [2.75, 3.05) is 6.61 Å². The summed E-state index contributed by atoms with van der Waals surface area (Å²) in [6.07, 6.45) is 4.78. The molecule has 5 unspecified atom stereocenters. The number of amides is 2. The van der Waals surface area contributed by atoms with Crippen LogP contribution in [0.3, 0.4) is 0 Å². The monoisotopic (exact) mass is 594 g/mol. The minimum atomic E-state index is -1.21. The van der Waals surface area contributed by atoms with Crippen LogP contribution in [0, 0.1) is 33.8 Å². The van der Waals surface area contributed by atoms with Crippen LogP contribution < -0.4 is 4.74 Å². The van der Waals surface area contributed by atoms with Gasteiger partial charge >= 0.3 is 11.9 Å². The number of carbonyl (C=O) groups is 5. The summed E-state index contributed by atoms with van der Waals surface area (Å²) < 4.78 is 10.7. The van der Waals surface area contributed by atoms with E-state index in [4.69, 9.17) is 9.47 Å². The molecule has 11 nitrogen and oxygen atoms in total. The van der Waals surface area contributed by atoms with Crippen LogP contribution in [0.4, 0.5) is 5.69 Å². The summed E-state index contributed by atoms with van der Waals surface area (Å²) in [5, 5.41) is 10.8. The Hall–Kier alpha value is -5.45. The number of ether oxygens (including phenoxy) is 2. The third-order valence-electron chi connectivity index (χ3n) is 8.41. The van der Waals surface area contributed by atoms with Gasteiger partial charge in [0, 0.05) is 24.1 Å². The topological polar surface area (TPSA) is 150 Å². The maximum atomic E-state index is 13.5. The number of Topliss-reactive ketones (excluding diaryl/α,β-unsaturated/α-hetero) is 1. The number of carbonyl (C=O) groups excluding carboxylic acids is 5. The van der Waals surface area contributed by atoms with Crippen molar-refractivity contribution >= 4 is 35.2 Å². The summed E-state index contributed by atoms with van der Waals surface area (Å²) in [5.74, 6) is -3.73. The van der Waals surface area contributed by atoms with E-state index in [0.717, 1.165) is 16.9 Å². The van der Waals surface area contributed by atoms with Gasteiger partial charge in [-0.2, -0.15) is 0 Å². The lowest BCUT2D eigenvalue weighted by molar-refractivity contribution is -0.384. The highest BCUT2D eigenvalue weighted by atomic mass is 16.6. The molecule has 5 atom stereocenters. The third-order valence-corrected chi connectivity index (χ3v) is 8.41. The molecule has 6 rings (SSSR count). The fourth-order valence-electron chi connectivity index (χ4n) is 6.26. The number of ketones is 1. The Labute approximate surface area is 251 Å². The Balaban J connectivity index is 1.10. The van der Waals surface area contributed by atoms with Gasteiger partial charge in [-0.3, -0.25) is 29.4 Å². The minimum Gasteiger partial charge on any atom is -0.456 e. The molecule has 1 saturated heterocycles. The first-order valence-electron chi connectivity index (χ1n) is 14.1. The molecular formula is C33H26N2O9. The first-order chi connectivity index (χ1) is 21.2. The van der Waals surface area contributed by atoms with Crippen molar-refractivity contribution in [1.29, 1.82) is 0 Å². The zero-order valence-electron chi connectivity index (χ0n) is 23.2. The lowest BCUT2D eigenvalue weighted by Crippen LogP contribution is -2.48. The van der Waals surface area contributed by atoms with Crippen molar-refractivity contribution < 1.29 is 38.4 Å². The number of nitro groups is 1. The van der Waals surface area contributed by atoms with E-state index in [1.165, 1.54) is 48.5 Å². The van der Waals surface area contributed by atoms with E-state index in [2.05, 4.69) is 0 Å². The quantitative estimate of drug-likeness (QED) is 0.0646. The van der Waals surface area contributed by atoms with Gasteiger partial charge in [0.15, 0.2) is 12.4 Å². The summed E-state index contributed by atoms with van der Waals surface area (Å²) in [4.78, 5) is 76.8. The standard InChI is InChI=1S/C33H26N2O9/c36-27(20-10-14-25(15-11-20)44-32(39)21-8-12-24(13-9-21)35(41)42)18-43-33(40)26(16-19-4-2-1-3-5-19)34-30(37)28-22-6-7-23(17-22)29(28)31(34)38/h1-15,22-23,26,28-29H,16-18H2. The molecule has 44 heavy (non-hydrogen) atoms. The van der Waals surface area contributed by atoms with Crippen molar-refractivity contribution in [1.82, 2.24) is 4.90 Å². The van der Waals surface area contributed by atoms with Crippen LogP contribution in [-0.2, 0) is 25.5 Å². The molecule has 3 aliphatic rings. The molecule has 0 radical (unpaired) electrons. The largest absolute Gasteiger partial charge is 0.456 e. The van der Waals surface area contributed by atoms with Crippen LogP contribution in [0.5, 0.6) is 5.75 Å². The number of nitro benzene ring substituents is 1. The third kappa shape index (κ3) is 5.39. The molecule has 3 aromatic rings. The maximum absolute atomic E-state index is 13.5. The van der Waals surface area contributed by atoms with E-state index >= 15 is 0 Å². The van der Waals surface area contributed by atoms with E-state index in [9.17, 15) is 34.1 Å². The highest BCUT2D eigenvalue weighted by Crippen LogP contribution is 2.53. The van der Waals surface area contributed by atoms with Crippen LogP contribution in [-0.4, -0.2) is 52.0 Å². The van der Waals surface area contributed by atoms with Crippen molar-refractivity contribution in [2.45, 2.75) is 18.9 Å². The first kappa shape index (κ1) is 28.7.